The van der Waals surface area contributed by atoms with Crippen LogP contribution in [-0.4, -0.2) is 33.0 Å². The highest BCUT2D eigenvalue weighted by atomic mass is 14.9. The van der Waals surface area contributed by atoms with Crippen molar-refractivity contribution in [2.75, 3.05) is 18.8 Å². The Morgan fingerprint density at radius 3 is 2.83 bits per heavy atom. The predicted octanol–water partition coefficient (Wildman–Crippen LogP) is 2.14. The number of para-hydroxylation sites is 1. The molecular formula is C17H18N6. The number of anilines is 1. The van der Waals surface area contributed by atoms with Gasteiger partial charge in [-0.1, -0.05) is 18.2 Å². The first-order valence-electron chi connectivity index (χ1n) is 7.85. The number of piperidine rings is 1. The van der Waals surface area contributed by atoms with E-state index < -0.39 is 0 Å². The molecule has 0 atom stereocenters. The lowest BCUT2D eigenvalue weighted by atomic mass is 9.87. The van der Waals surface area contributed by atoms with Crippen LogP contribution in [0.2, 0.25) is 0 Å². The summed E-state index contributed by atoms with van der Waals surface area (Å²) in [5, 5.41) is 3.39. The molecule has 6 nitrogen and oxygen atoms in total. The Kier molecular flexibility index (Phi) is 3.59. The standard InChI is InChI=1S/C17H18N6/c18-16-12(11-4-6-19-7-5-11)2-1-3-13(16)14-9-21-17-15(23-14)8-20-10-22-17/h1-3,8-11,19H,4-7,18H2. The van der Waals surface area contributed by atoms with Gasteiger partial charge in [-0.25, -0.2) is 19.9 Å². The fraction of sp³-hybridized carbons (Fsp3) is 0.294. The van der Waals surface area contributed by atoms with E-state index in [1.54, 1.807) is 12.4 Å². The zero-order valence-electron chi connectivity index (χ0n) is 12.7. The normalized spacial score (nSPS) is 15.8. The van der Waals surface area contributed by atoms with Crippen LogP contribution in [0.4, 0.5) is 5.69 Å². The van der Waals surface area contributed by atoms with Crippen LogP contribution in [0.5, 0.6) is 0 Å². The maximum Gasteiger partial charge on any atom is 0.181 e. The van der Waals surface area contributed by atoms with Gasteiger partial charge in [0.15, 0.2) is 5.65 Å². The van der Waals surface area contributed by atoms with Gasteiger partial charge in [0, 0.05) is 11.3 Å². The summed E-state index contributed by atoms with van der Waals surface area (Å²) in [6.45, 7) is 2.09. The third kappa shape index (κ3) is 2.61. The minimum atomic E-state index is 0.507. The summed E-state index contributed by atoms with van der Waals surface area (Å²) in [7, 11) is 0. The van der Waals surface area contributed by atoms with Crippen LogP contribution >= 0.6 is 0 Å². The average Bonchev–Trinajstić information content (AvgIpc) is 2.62. The first kappa shape index (κ1) is 14.0. The van der Waals surface area contributed by atoms with Crippen LogP contribution in [0.15, 0.2) is 36.9 Å². The van der Waals surface area contributed by atoms with Crippen LogP contribution < -0.4 is 11.1 Å². The van der Waals surface area contributed by atoms with Crippen molar-refractivity contribution in [1.29, 1.82) is 0 Å². The van der Waals surface area contributed by atoms with E-state index >= 15 is 0 Å². The molecule has 1 saturated heterocycles. The lowest BCUT2D eigenvalue weighted by Gasteiger charge is -2.25. The Hall–Kier alpha value is -2.60. The molecule has 6 heteroatoms. The summed E-state index contributed by atoms with van der Waals surface area (Å²) in [6.07, 6.45) is 7.11. The Labute approximate surface area is 134 Å². The van der Waals surface area contributed by atoms with Gasteiger partial charge in [0.05, 0.1) is 18.1 Å². The molecule has 3 heterocycles. The predicted molar refractivity (Wildman–Crippen MR) is 89.8 cm³/mol. The van der Waals surface area contributed by atoms with Gasteiger partial charge in [-0.05, 0) is 37.4 Å². The SMILES string of the molecule is Nc1c(-c2cnc3ncncc3n2)cccc1C1CCNCC1. The minimum absolute atomic E-state index is 0.507. The number of hydrogen-bond donors (Lipinski definition) is 2. The van der Waals surface area contributed by atoms with Crippen molar-refractivity contribution >= 4 is 16.9 Å². The quantitative estimate of drug-likeness (QED) is 0.705. The van der Waals surface area contributed by atoms with E-state index in [2.05, 4.69) is 37.4 Å². The maximum atomic E-state index is 6.47. The summed E-state index contributed by atoms with van der Waals surface area (Å²) < 4.78 is 0. The van der Waals surface area contributed by atoms with E-state index in [0.717, 1.165) is 42.9 Å². The Morgan fingerprint density at radius 1 is 1.09 bits per heavy atom. The van der Waals surface area contributed by atoms with Gasteiger partial charge < -0.3 is 11.1 Å². The van der Waals surface area contributed by atoms with Gasteiger partial charge in [0.25, 0.3) is 0 Å². The number of rotatable bonds is 2. The Balaban J connectivity index is 1.78. The topological polar surface area (TPSA) is 89.6 Å². The van der Waals surface area contributed by atoms with Crippen LogP contribution in [-0.2, 0) is 0 Å². The molecular weight excluding hydrogens is 288 g/mol. The highest BCUT2D eigenvalue weighted by Crippen LogP contribution is 2.35. The highest BCUT2D eigenvalue weighted by Gasteiger charge is 2.19. The first-order valence-corrected chi connectivity index (χ1v) is 7.85. The molecule has 0 radical (unpaired) electrons. The van der Waals surface area contributed by atoms with E-state index in [-0.39, 0.29) is 0 Å². The maximum absolute atomic E-state index is 6.47. The molecule has 0 saturated carbocycles. The molecule has 1 aromatic carbocycles. The lowest BCUT2D eigenvalue weighted by molar-refractivity contribution is 0.461. The van der Waals surface area contributed by atoms with E-state index in [1.807, 2.05) is 6.07 Å². The zero-order valence-corrected chi connectivity index (χ0v) is 12.7. The third-order valence-electron chi connectivity index (χ3n) is 4.42. The van der Waals surface area contributed by atoms with Crippen molar-refractivity contribution in [3.05, 3.63) is 42.5 Å². The molecule has 2 aromatic heterocycles. The van der Waals surface area contributed by atoms with Crippen molar-refractivity contribution in [2.24, 2.45) is 0 Å². The van der Waals surface area contributed by atoms with Crippen molar-refractivity contribution in [2.45, 2.75) is 18.8 Å². The Bertz CT molecular complexity index is 841. The summed E-state index contributed by atoms with van der Waals surface area (Å²) in [5.41, 5.74) is 11.5. The number of nitrogens with two attached hydrogens (primary N) is 1. The van der Waals surface area contributed by atoms with Crippen LogP contribution in [0.1, 0.15) is 24.3 Å². The molecule has 116 valence electrons. The molecule has 1 fully saturated rings. The number of hydrogen-bond acceptors (Lipinski definition) is 6. The number of nitrogens with zero attached hydrogens (tertiary/aromatic N) is 4. The van der Waals surface area contributed by atoms with Crippen LogP contribution in [0, 0.1) is 0 Å². The lowest BCUT2D eigenvalue weighted by Crippen LogP contribution is -2.27. The Morgan fingerprint density at radius 2 is 1.96 bits per heavy atom. The van der Waals surface area contributed by atoms with Crippen molar-refractivity contribution in [1.82, 2.24) is 25.3 Å². The number of nitrogen functional groups attached to an aromatic ring is 1. The number of benzene rings is 1. The number of fused-ring (bicyclic) bond motifs is 1. The molecule has 0 aliphatic carbocycles. The second-order valence-electron chi connectivity index (χ2n) is 5.82. The van der Waals surface area contributed by atoms with E-state index in [4.69, 9.17) is 5.73 Å². The van der Waals surface area contributed by atoms with Crippen molar-refractivity contribution < 1.29 is 0 Å². The van der Waals surface area contributed by atoms with Gasteiger partial charge >= 0.3 is 0 Å². The van der Waals surface area contributed by atoms with Gasteiger partial charge in [-0.3, -0.25) is 0 Å². The number of nitrogens with one attached hydrogen (secondary N) is 1. The van der Waals surface area contributed by atoms with Gasteiger partial charge in [0.2, 0.25) is 0 Å². The van der Waals surface area contributed by atoms with Crippen molar-refractivity contribution in [3.63, 3.8) is 0 Å². The average molecular weight is 306 g/mol. The largest absolute Gasteiger partial charge is 0.398 e. The van der Waals surface area contributed by atoms with Gasteiger partial charge in [0.1, 0.15) is 11.8 Å². The van der Waals surface area contributed by atoms with Gasteiger partial charge in [-0.15, -0.1) is 0 Å². The highest BCUT2D eigenvalue weighted by molar-refractivity contribution is 5.79. The van der Waals surface area contributed by atoms with E-state index in [9.17, 15) is 0 Å². The fourth-order valence-electron chi connectivity index (χ4n) is 3.20. The third-order valence-corrected chi connectivity index (χ3v) is 4.42. The van der Waals surface area contributed by atoms with E-state index in [1.165, 1.54) is 11.9 Å². The summed E-state index contributed by atoms with van der Waals surface area (Å²) in [6, 6.07) is 6.18. The summed E-state index contributed by atoms with van der Waals surface area (Å²) in [5.74, 6) is 0.507. The molecule has 0 unspecified atom stereocenters. The van der Waals surface area contributed by atoms with Crippen LogP contribution in [0.3, 0.4) is 0 Å². The molecule has 4 rings (SSSR count). The molecule has 0 amide bonds. The molecule has 1 aliphatic rings. The molecule has 1 aliphatic heterocycles. The van der Waals surface area contributed by atoms with Gasteiger partial charge in [-0.2, -0.15) is 0 Å². The summed E-state index contributed by atoms with van der Waals surface area (Å²) >= 11 is 0. The molecule has 3 N–H and O–H groups in total. The fourth-order valence-corrected chi connectivity index (χ4v) is 3.20. The molecule has 23 heavy (non-hydrogen) atoms. The second kappa shape index (κ2) is 5.89. The molecule has 3 aromatic rings. The van der Waals surface area contributed by atoms with E-state index in [0.29, 0.717) is 17.1 Å². The second-order valence-corrected chi connectivity index (χ2v) is 5.82. The van der Waals surface area contributed by atoms with Crippen molar-refractivity contribution in [3.8, 4) is 11.3 Å². The number of aromatic nitrogens is 4. The minimum Gasteiger partial charge on any atom is -0.398 e. The zero-order chi connectivity index (χ0) is 15.6. The molecule has 0 bridgehead atoms. The molecule has 0 spiro atoms. The monoisotopic (exact) mass is 306 g/mol. The summed E-state index contributed by atoms with van der Waals surface area (Å²) in [4.78, 5) is 17.1. The van der Waals surface area contributed by atoms with Crippen LogP contribution in [0.25, 0.3) is 22.4 Å². The smallest absolute Gasteiger partial charge is 0.181 e. The first-order chi connectivity index (χ1) is 11.3.